The van der Waals surface area contributed by atoms with E-state index in [-0.39, 0.29) is 11.0 Å². The van der Waals surface area contributed by atoms with Gasteiger partial charge in [-0.05, 0) is 77.6 Å². The van der Waals surface area contributed by atoms with Crippen LogP contribution in [0.5, 0.6) is 17.2 Å². The Hall–Kier alpha value is -4.57. The predicted octanol–water partition coefficient (Wildman–Crippen LogP) is 6.26. The molecular weight excluding hydrogens is 468 g/mol. The average molecular weight is 499 g/mol. The molecule has 0 aliphatic heterocycles. The second-order valence-electron chi connectivity index (χ2n) is 8.96. The summed E-state index contributed by atoms with van der Waals surface area (Å²) < 4.78 is 16.0. The van der Waals surface area contributed by atoms with E-state index in [4.69, 9.17) is 14.2 Å². The van der Waals surface area contributed by atoms with Crippen molar-refractivity contribution in [2.24, 2.45) is 0 Å². The molecule has 0 radical (unpaired) electrons. The molecule has 0 heterocycles. The summed E-state index contributed by atoms with van der Waals surface area (Å²) in [4.78, 5) is 24.5. The van der Waals surface area contributed by atoms with Gasteiger partial charge < -0.3 is 19.5 Å². The highest BCUT2D eigenvalue weighted by atomic mass is 16.5. The van der Waals surface area contributed by atoms with Gasteiger partial charge in [0.2, 0.25) is 0 Å². The maximum Gasteiger partial charge on any atom is 0.349 e. The number of carbonyl (C=O) groups is 2. The molecule has 7 heteroatoms. The minimum absolute atomic E-state index is 0.107. The first-order valence-corrected chi connectivity index (χ1v) is 11.9. The number of hydrogen-bond acceptors (Lipinski definition) is 6. The maximum absolute atomic E-state index is 12.2. The zero-order valence-corrected chi connectivity index (χ0v) is 21.4. The van der Waals surface area contributed by atoms with E-state index in [0.717, 1.165) is 12.2 Å². The van der Waals surface area contributed by atoms with Crippen molar-refractivity contribution in [3.63, 3.8) is 0 Å². The highest BCUT2D eigenvalue weighted by Gasteiger charge is 2.17. The van der Waals surface area contributed by atoms with Crippen LogP contribution < -0.4 is 14.8 Å². The van der Waals surface area contributed by atoms with Gasteiger partial charge in [0.15, 0.2) is 6.61 Å². The molecule has 0 unspecified atom stereocenters. The lowest BCUT2D eigenvalue weighted by Crippen LogP contribution is -2.21. The number of methoxy groups -OCH3 is 1. The molecule has 0 saturated carbocycles. The molecule has 0 aliphatic carbocycles. The van der Waals surface area contributed by atoms with Crippen LogP contribution in [0, 0.1) is 11.3 Å². The van der Waals surface area contributed by atoms with Gasteiger partial charge in [0, 0.05) is 5.69 Å². The van der Waals surface area contributed by atoms with Crippen molar-refractivity contribution in [2.75, 3.05) is 19.0 Å². The summed E-state index contributed by atoms with van der Waals surface area (Å²) in [6.45, 7) is 6.05. The standard InChI is InChI=1S/C30H30N2O5/c1-5-30(2,3)23-8-14-26(15-9-23)37-27-16-10-24(11-17-27)32-28(33)20-36-29(34)22(19-31)18-21-6-12-25(35-4)13-7-21/h6-18H,5,20H2,1-4H3,(H,32,33)/b22-18+. The Kier molecular flexibility index (Phi) is 9.06. The van der Waals surface area contributed by atoms with Crippen molar-refractivity contribution < 1.29 is 23.8 Å². The third kappa shape index (κ3) is 7.71. The first-order valence-electron chi connectivity index (χ1n) is 11.9. The third-order valence-corrected chi connectivity index (χ3v) is 5.99. The zero-order valence-electron chi connectivity index (χ0n) is 21.4. The Morgan fingerprint density at radius 1 is 0.919 bits per heavy atom. The van der Waals surface area contributed by atoms with Gasteiger partial charge in [0.25, 0.3) is 5.91 Å². The highest BCUT2D eigenvalue weighted by molar-refractivity contribution is 6.00. The number of anilines is 1. The first kappa shape index (κ1) is 27.0. The number of hydrogen-bond donors (Lipinski definition) is 1. The lowest BCUT2D eigenvalue weighted by Gasteiger charge is -2.23. The van der Waals surface area contributed by atoms with E-state index in [9.17, 15) is 14.9 Å². The summed E-state index contributed by atoms with van der Waals surface area (Å²) in [7, 11) is 1.55. The molecule has 0 atom stereocenters. The van der Waals surface area contributed by atoms with Gasteiger partial charge in [0.05, 0.1) is 7.11 Å². The predicted molar refractivity (Wildman–Crippen MR) is 142 cm³/mol. The van der Waals surface area contributed by atoms with Crippen LogP contribution in [0.25, 0.3) is 6.08 Å². The smallest absolute Gasteiger partial charge is 0.349 e. The Balaban J connectivity index is 1.51. The summed E-state index contributed by atoms with van der Waals surface area (Å²) in [5, 5.41) is 11.9. The van der Waals surface area contributed by atoms with Gasteiger partial charge in [-0.15, -0.1) is 0 Å². The van der Waals surface area contributed by atoms with Gasteiger partial charge >= 0.3 is 5.97 Å². The molecule has 0 saturated heterocycles. The van der Waals surface area contributed by atoms with Crippen molar-refractivity contribution in [1.29, 1.82) is 5.26 Å². The minimum Gasteiger partial charge on any atom is -0.497 e. The third-order valence-electron chi connectivity index (χ3n) is 5.99. The lowest BCUT2D eigenvalue weighted by molar-refractivity contribution is -0.142. The van der Waals surface area contributed by atoms with E-state index < -0.39 is 18.5 Å². The van der Waals surface area contributed by atoms with Crippen LogP contribution in [0.15, 0.2) is 78.4 Å². The van der Waals surface area contributed by atoms with Crippen molar-refractivity contribution in [1.82, 2.24) is 0 Å². The van der Waals surface area contributed by atoms with E-state index in [1.807, 2.05) is 12.1 Å². The van der Waals surface area contributed by atoms with Gasteiger partial charge in [0.1, 0.15) is 28.9 Å². The Bertz CT molecular complexity index is 1290. The van der Waals surface area contributed by atoms with Gasteiger partial charge in [-0.1, -0.05) is 45.0 Å². The molecule has 3 aromatic carbocycles. The fourth-order valence-electron chi connectivity index (χ4n) is 3.33. The van der Waals surface area contributed by atoms with Crippen molar-refractivity contribution >= 4 is 23.6 Å². The van der Waals surface area contributed by atoms with Crippen LogP contribution in [0.4, 0.5) is 5.69 Å². The molecule has 3 aromatic rings. The molecule has 1 N–H and O–H groups in total. The van der Waals surface area contributed by atoms with E-state index in [2.05, 4.69) is 38.2 Å². The van der Waals surface area contributed by atoms with Crippen molar-refractivity contribution in [3.05, 3.63) is 89.5 Å². The molecule has 0 aromatic heterocycles. The van der Waals surface area contributed by atoms with Gasteiger partial charge in [-0.3, -0.25) is 4.79 Å². The maximum atomic E-state index is 12.2. The summed E-state index contributed by atoms with van der Waals surface area (Å²) in [5.74, 6) is 0.577. The van der Waals surface area contributed by atoms with E-state index in [1.165, 1.54) is 11.6 Å². The fourth-order valence-corrected chi connectivity index (χ4v) is 3.33. The summed E-state index contributed by atoms with van der Waals surface area (Å²) in [6, 6.07) is 23.5. The van der Waals surface area contributed by atoms with Crippen LogP contribution in [-0.4, -0.2) is 25.6 Å². The molecule has 0 bridgehead atoms. The van der Waals surface area contributed by atoms with Crippen LogP contribution >= 0.6 is 0 Å². The number of esters is 1. The minimum atomic E-state index is -0.884. The Labute approximate surface area is 217 Å². The lowest BCUT2D eigenvalue weighted by atomic mass is 9.82. The molecule has 3 rings (SSSR count). The molecule has 0 aliphatic rings. The molecule has 0 spiro atoms. The first-order chi connectivity index (χ1) is 17.7. The number of nitriles is 1. The topological polar surface area (TPSA) is 97.6 Å². The quantitative estimate of drug-likeness (QED) is 0.201. The van der Waals surface area contributed by atoms with E-state index in [1.54, 1.807) is 61.7 Å². The summed E-state index contributed by atoms with van der Waals surface area (Å²) in [6.07, 6.45) is 2.43. The summed E-state index contributed by atoms with van der Waals surface area (Å²) >= 11 is 0. The van der Waals surface area contributed by atoms with Crippen LogP contribution in [0.3, 0.4) is 0 Å². The normalized spacial score (nSPS) is 11.3. The largest absolute Gasteiger partial charge is 0.497 e. The average Bonchev–Trinajstić information content (AvgIpc) is 2.92. The van der Waals surface area contributed by atoms with Gasteiger partial charge in [-0.2, -0.15) is 5.26 Å². The molecular formula is C30H30N2O5. The number of amides is 1. The van der Waals surface area contributed by atoms with Crippen LogP contribution in [0.1, 0.15) is 38.3 Å². The monoisotopic (exact) mass is 498 g/mol. The zero-order chi connectivity index (χ0) is 26.8. The SMILES string of the molecule is CCC(C)(C)c1ccc(Oc2ccc(NC(=O)COC(=O)/C(C#N)=C/c3ccc(OC)cc3)cc2)cc1. The number of carbonyl (C=O) groups excluding carboxylic acids is 2. The van der Waals surface area contributed by atoms with Crippen molar-refractivity contribution in [2.45, 2.75) is 32.6 Å². The number of benzene rings is 3. The molecule has 0 fully saturated rings. The number of nitrogens with zero attached hydrogens (tertiary/aromatic N) is 1. The van der Waals surface area contributed by atoms with E-state index >= 15 is 0 Å². The second-order valence-corrected chi connectivity index (χ2v) is 8.96. The molecule has 37 heavy (non-hydrogen) atoms. The van der Waals surface area contributed by atoms with Gasteiger partial charge in [-0.25, -0.2) is 4.79 Å². The van der Waals surface area contributed by atoms with Crippen LogP contribution in [0.2, 0.25) is 0 Å². The van der Waals surface area contributed by atoms with Crippen LogP contribution in [-0.2, 0) is 19.7 Å². The highest BCUT2D eigenvalue weighted by Crippen LogP contribution is 2.30. The number of ether oxygens (including phenoxy) is 3. The van der Waals surface area contributed by atoms with E-state index in [0.29, 0.717) is 22.7 Å². The number of rotatable bonds is 10. The molecule has 1 amide bonds. The molecule has 7 nitrogen and oxygen atoms in total. The van der Waals surface area contributed by atoms with Crippen molar-refractivity contribution in [3.8, 4) is 23.3 Å². The second kappa shape index (κ2) is 12.4. The number of nitrogens with one attached hydrogen (secondary N) is 1. The fraction of sp³-hybridized carbons (Fsp3) is 0.233. The summed E-state index contributed by atoms with van der Waals surface area (Å²) in [5.41, 5.74) is 2.28. The Morgan fingerprint density at radius 3 is 2.03 bits per heavy atom. The Morgan fingerprint density at radius 2 is 1.49 bits per heavy atom. The molecule has 190 valence electrons.